The maximum absolute atomic E-state index is 13.2. The Hall–Kier alpha value is -3.07. The zero-order valence-electron chi connectivity index (χ0n) is 13.9. The number of rotatable bonds is 6. The molecule has 0 aliphatic carbocycles. The quantitative estimate of drug-likeness (QED) is 0.616. The number of hydrogen-bond donors (Lipinski definition) is 1. The van der Waals surface area contributed by atoms with E-state index in [0.29, 0.717) is 20.9 Å². The zero-order chi connectivity index (χ0) is 19.4. The van der Waals surface area contributed by atoms with Crippen molar-refractivity contribution in [2.75, 3.05) is 12.4 Å². The molecular formula is C18H13F3N2O3S. The fourth-order valence-electron chi connectivity index (χ4n) is 2.25. The summed E-state index contributed by atoms with van der Waals surface area (Å²) in [4.78, 5) is 16.2. The van der Waals surface area contributed by atoms with Gasteiger partial charge in [0, 0.05) is 6.08 Å². The minimum absolute atomic E-state index is 0.101. The Morgan fingerprint density at radius 1 is 1.22 bits per heavy atom. The molecule has 3 rings (SSSR count). The van der Waals surface area contributed by atoms with Gasteiger partial charge in [0.15, 0.2) is 16.6 Å². The number of ether oxygens (including phenoxy) is 2. The lowest BCUT2D eigenvalue weighted by Gasteiger charge is -2.10. The first-order valence-corrected chi connectivity index (χ1v) is 8.44. The van der Waals surface area contributed by atoms with Gasteiger partial charge in [-0.05, 0) is 42.0 Å². The molecule has 0 saturated carbocycles. The number of benzene rings is 2. The summed E-state index contributed by atoms with van der Waals surface area (Å²) in [5.74, 6) is -0.805. The van der Waals surface area contributed by atoms with Crippen LogP contribution >= 0.6 is 11.3 Å². The lowest BCUT2D eigenvalue weighted by Crippen LogP contribution is -2.07. The summed E-state index contributed by atoms with van der Waals surface area (Å²) < 4.78 is 47.8. The average Bonchev–Trinajstić information content (AvgIpc) is 3.01. The number of halogens is 3. The molecule has 140 valence electrons. The number of carbonyl (C=O) groups is 1. The summed E-state index contributed by atoms with van der Waals surface area (Å²) in [5.41, 5.74) is 1.13. The number of carbonyl (C=O) groups excluding carboxylic acids is 1. The highest BCUT2D eigenvalue weighted by molar-refractivity contribution is 7.22. The van der Waals surface area contributed by atoms with Gasteiger partial charge in [0.2, 0.25) is 5.91 Å². The van der Waals surface area contributed by atoms with Gasteiger partial charge in [-0.1, -0.05) is 17.4 Å². The fourth-order valence-corrected chi connectivity index (χ4v) is 3.15. The van der Waals surface area contributed by atoms with E-state index in [0.717, 1.165) is 11.3 Å². The van der Waals surface area contributed by atoms with E-state index in [4.69, 9.17) is 4.74 Å². The molecule has 1 amide bonds. The monoisotopic (exact) mass is 394 g/mol. The Morgan fingerprint density at radius 2 is 2.04 bits per heavy atom. The summed E-state index contributed by atoms with van der Waals surface area (Å²) >= 11 is 1.15. The number of alkyl halides is 2. The smallest absolute Gasteiger partial charge is 0.387 e. The van der Waals surface area contributed by atoms with Crippen molar-refractivity contribution in [3.63, 3.8) is 0 Å². The van der Waals surface area contributed by atoms with Crippen molar-refractivity contribution in [3.05, 3.63) is 53.9 Å². The van der Waals surface area contributed by atoms with Crippen LogP contribution in [0, 0.1) is 5.82 Å². The van der Waals surface area contributed by atoms with E-state index in [-0.39, 0.29) is 17.3 Å². The summed E-state index contributed by atoms with van der Waals surface area (Å²) in [5, 5.41) is 2.93. The number of nitrogens with one attached hydrogen (secondary N) is 1. The molecule has 0 atom stereocenters. The molecule has 0 unspecified atom stereocenters. The molecule has 0 saturated heterocycles. The van der Waals surface area contributed by atoms with E-state index < -0.39 is 12.5 Å². The number of thiazole rings is 1. The van der Waals surface area contributed by atoms with E-state index in [1.165, 1.54) is 55.7 Å². The summed E-state index contributed by atoms with van der Waals surface area (Å²) in [6.45, 7) is -2.96. The van der Waals surface area contributed by atoms with Crippen LogP contribution < -0.4 is 14.8 Å². The molecule has 5 nitrogen and oxygen atoms in total. The second-order valence-corrected chi connectivity index (χ2v) is 6.27. The van der Waals surface area contributed by atoms with Crippen LogP contribution in [-0.2, 0) is 4.79 Å². The number of aromatic nitrogens is 1. The molecule has 0 aliphatic heterocycles. The van der Waals surface area contributed by atoms with Gasteiger partial charge in [0.05, 0.1) is 17.3 Å². The molecule has 1 N–H and O–H groups in total. The van der Waals surface area contributed by atoms with Crippen LogP contribution in [0.4, 0.5) is 18.3 Å². The topological polar surface area (TPSA) is 60.5 Å². The summed E-state index contributed by atoms with van der Waals surface area (Å²) in [7, 11) is 1.32. The minimum atomic E-state index is -2.96. The van der Waals surface area contributed by atoms with Crippen LogP contribution in [0.15, 0.2) is 42.5 Å². The number of fused-ring (bicyclic) bond motifs is 1. The van der Waals surface area contributed by atoms with Crippen LogP contribution in [0.5, 0.6) is 11.5 Å². The number of methoxy groups -OCH3 is 1. The summed E-state index contributed by atoms with van der Waals surface area (Å²) in [6, 6.07) is 8.45. The lowest BCUT2D eigenvalue weighted by atomic mass is 10.2. The molecule has 27 heavy (non-hydrogen) atoms. The van der Waals surface area contributed by atoms with Crippen molar-refractivity contribution in [2.24, 2.45) is 0 Å². The Labute approximate surface area is 156 Å². The average molecular weight is 394 g/mol. The van der Waals surface area contributed by atoms with Crippen molar-refractivity contribution >= 4 is 38.7 Å². The Morgan fingerprint density at radius 3 is 2.78 bits per heavy atom. The van der Waals surface area contributed by atoms with E-state index in [1.54, 1.807) is 0 Å². The third kappa shape index (κ3) is 4.76. The molecule has 1 aromatic heterocycles. The molecule has 0 fully saturated rings. The first-order chi connectivity index (χ1) is 12.9. The van der Waals surface area contributed by atoms with Gasteiger partial charge in [-0.3, -0.25) is 10.1 Å². The van der Waals surface area contributed by atoms with Crippen LogP contribution in [0.3, 0.4) is 0 Å². The molecular weight excluding hydrogens is 381 g/mol. The maximum atomic E-state index is 13.2. The molecule has 0 bridgehead atoms. The second-order valence-electron chi connectivity index (χ2n) is 5.24. The van der Waals surface area contributed by atoms with Crippen molar-refractivity contribution in [1.82, 2.24) is 4.98 Å². The van der Waals surface area contributed by atoms with E-state index in [1.807, 2.05) is 0 Å². The number of anilines is 1. The SMILES string of the molecule is COc1cc(/C=C/C(=O)Nc2nc3ccc(F)cc3s2)ccc1OC(F)F. The fraction of sp³-hybridized carbons (Fsp3) is 0.111. The molecule has 0 aliphatic rings. The van der Waals surface area contributed by atoms with Crippen molar-refractivity contribution in [2.45, 2.75) is 6.61 Å². The maximum Gasteiger partial charge on any atom is 0.387 e. The first kappa shape index (κ1) is 18.7. The number of nitrogens with zero attached hydrogens (tertiary/aromatic N) is 1. The summed E-state index contributed by atoms with van der Waals surface area (Å²) in [6.07, 6.45) is 2.74. The first-order valence-electron chi connectivity index (χ1n) is 7.62. The third-order valence-corrected chi connectivity index (χ3v) is 4.35. The van der Waals surface area contributed by atoms with Crippen LogP contribution in [0.2, 0.25) is 0 Å². The highest BCUT2D eigenvalue weighted by Gasteiger charge is 2.11. The van der Waals surface area contributed by atoms with E-state index in [9.17, 15) is 18.0 Å². The van der Waals surface area contributed by atoms with Crippen LogP contribution in [0.1, 0.15) is 5.56 Å². The van der Waals surface area contributed by atoms with E-state index in [2.05, 4.69) is 15.0 Å². The normalized spacial score (nSPS) is 11.3. The van der Waals surface area contributed by atoms with Gasteiger partial charge in [-0.25, -0.2) is 9.37 Å². The molecule has 0 radical (unpaired) electrons. The molecule has 9 heteroatoms. The van der Waals surface area contributed by atoms with Gasteiger partial charge in [-0.2, -0.15) is 8.78 Å². The molecule has 0 spiro atoms. The van der Waals surface area contributed by atoms with Crippen molar-refractivity contribution in [3.8, 4) is 11.5 Å². The standard InChI is InChI=1S/C18H13F3N2O3S/c1-25-14-8-10(2-6-13(14)26-17(20)21)3-7-16(24)23-18-22-12-5-4-11(19)9-15(12)27-18/h2-9,17H,1H3,(H,22,23,24)/b7-3+. The molecule has 1 heterocycles. The highest BCUT2D eigenvalue weighted by atomic mass is 32.1. The predicted molar refractivity (Wildman–Crippen MR) is 96.9 cm³/mol. The second kappa shape index (κ2) is 8.09. The molecule has 3 aromatic rings. The third-order valence-electron chi connectivity index (χ3n) is 3.41. The van der Waals surface area contributed by atoms with Crippen molar-refractivity contribution in [1.29, 1.82) is 0 Å². The Kier molecular flexibility index (Phi) is 5.60. The number of amides is 1. The van der Waals surface area contributed by atoms with Gasteiger partial charge in [-0.15, -0.1) is 0 Å². The largest absolute Gasteiger partial charge is 0.493 e. The van der Waals surface area contributed by atoms with Crippen LogP contribution in [0.25, 0.3) is 16.3 Å². The molecule has 2 aromatic carbocycles. The van der Waals surface area contributed by atoms with Crippen molar-refractivity contribution < 1.29 is 27.4 Å². The van der Waals surface area contributed by atoms with Crippen LogP contribution in [-0.4, -0.2) is 24.6 Å². The van der Waals surface area contributed by atoms with Gasteiger partial charge in [0.25, 0.3) is 0 Å². The van der Waals surface area contributed by atoms with Gasteiger partial charge >= 0.3 is 6.61 Å². The van der Waals surface area contributed by atoms with Gasteiger partial charge < -0.3 is 9.47 Å². The Bertz CT molecular complexity index is 1000. The number of hydrogen-bond acceptors (Lipinski definition) is 5. The Balaban J connectivity index is 1.70. The lowest BCUT2D eigenvalue weighted by molar-refractivity contribution is -0.111. The van der Waals surface area contributed by atoms with Gasteiger partial charge in [0.1, 0.15) is 5.82 Å². The highest BCUT2D eigenvalue weighted by Crippen LogP contribution is 2.30. The predicted octanol–water partition coefficient (Wildman–Crippen LogP) is 4.70. The van der Waals surface area contributed by atoms with E-state index >= 15 is 0 Å². The zero-order valence-corrected chi connectivity index (χ0v) is 14.7. The minimum Gasteiger partial charge on any atom is -0.493 e.